The zero-order chi connectivity index (χ0) is 13.1. The van der Waals surface area contributed by atoms with Gasteiger partial charge in [-0.3, -0.25) is 0 Å². The number of hydrogen-bond donors (Lipinski definition) is 2. The molecule has 0 fully saturated rings. The lowest BCUT2D eigenvalue weighted by atomic mass is 10.0. The molecule has 1 heterocycles. The number of nitrogens with one attached hydrogen (secondary N) is 1. The number of pyridine rings is 1. The molecule has 18 heavy (non-hydrogen) atoms. The molecule has 0 amide bonds. The van der Waals surface area contributed by atoms with Crippen LogP contribution in [0.2, 0.25) is 0 Å². The fourth-order valence-corrected chi connectivity index (χ4v) is 2.02. The predicted octanol–water partition coefficient (Wildman–Crippen LogP) is 3.04. The number of ether oxygens (including phenoxy) is 1. The Kier molecular flexibility index (Phi) is 3.67. The second kappa shape index (κ2) is 5.23. The van der Waals surface area contributed by atoms with Crippen LogP contribution in [-0.2, 0) is 0 Å². The Labute approximate surface area is 107 Å². The van der Waals surface area contributed by atoms with E-state index in [1.807, 2.05) is 25.1 Å². The average molecular weight is 245 g/mol. The quantitative estimate of drug-likeness (QED) is 0.642. The lowest BCUT2D eigenvalue weighted by Crippen LogP contribution is -2.12. The minimum absolute atomic E-state index is 0.365. The monoisotopic (exact) mass is 245 g/mol. The minimum Gasteiger partial charge on any atom is -0.492 e. The van der Waals surface area contributed by atoms with E-state index < -0.39 is 0 Å². The van der Waals surface area contributed by atoms with Gasteiger partial charge in [-0.15, -0.1) is 0 Å². The van der Waals surface area contributed by atoms with E-state index in [1.54, 1.807) is 0 Å². The topological polar surface area (TPSA) is 60.2 Å². The third-order valence-electron chi connectivity index (χ3n) is 2.90. The van der Waals surface area contributed by atoms with Gasteiger partial charge in [0, 0.05) is 5.39 Å². The highest BCUT2D eigenvalue weighted by molar-refractivity contribution is 5.87. The molecular formula is C14H19N3O. The second-order valence-electron chi connectivity index (χ2n) is 4.49. The number of nitrogen functional groups attached to an aromatic ring is 1. The number of nitrogens with zero attached hydrogens (tertiary/aromatic N) is 1. The van der Waals surface area contributed by atoms with Gasteiger partial charge in [0.25, 0.3) is 0 Å². The molecule has 2 rings (SSSR count). The summed E-state index contributed by atoms with van der Waals surface area (Å²) in [6.07, 6.45) is 0. The lowest BCUT2D eigenvalue weighted by Gasteiger charge is -2.14. The van der Waals surface area contributed by atoms with E-state index in [2.05, 4.69) is 30.3 Å². The van der Waals surface area contributed by atoms with Gasteiger partial charge in [-0.2, -0.15) is 0 Å². The first-order valence-corrected chi connectivity index (χ1v) is 6.20. The van der Waals surface area contributed by atoms with Gasteiger partial charge in [-0.05, 0) is 30.5 Å². The summed E-state index contributed by atoms with van der Waals surface area (Å²) in [5.74, 6) is 7.42. The van der Waals surface area contributed by atoms with Crippen LogP contribution in [0.25, 0.3) is 10.9 Å². The van der Waals surface area contributed by atoms with Gasteiger partial charge in [-0.25, -0.2) is 10.8 Å². The maximum absolute atomic E-state index is 5.59. The van der Waals surface area contributed by atoms with E-state index >= 15 is 0 Å². The van der Waals surface area contributed by atoms with Crippen molar-refractivity contribution in [1.29, 1.82) is 0 Å². The van der Waals surface area contributed by atoms with Crippen molar-refractivity contribution in [2.24, 2.45) is 5.84 Å². The van der Waals surface area contributed by atoms with Gasteiger partial charge in [0.05, 0.1) is 6.61 Å². The number of para-hydroxylation sites is 1. The fourth-order valence-electron chi connectivity index (χ4n) is 2.02. The number of fused-ring (bicyclic) bond motifs is 1. The maximum Gasteiger partial charge on any atom is 0.145 e. The van der Waals surface area contributed by atoms with Crippen LogP contribution in [0.1, 0.15) is 32.3 Å². The van der Waals surface area contributed by atoms with E-state index in [4.69, 9.17) is 10.6 Å². The van der Waals surface area contributed by atoms with Crippen molar-refractivity contribution in [3.05, 3.63) is 29.8 Å². The molecule has 0 saturated heterocycles. The molecule has 1 aromatic carbocycles. The van der Waals surface area contributed by atoms with E-state index in [1.165, 1.54) is 0 Å². The maximum atomic E-state index is 5.59. The molecule has 4 heteroatoms. The van der Waals surface area contributed by atoms with Gasteiger partial charge < -0.3 is 10.2 Å². The first-order chi connectivity index (χ1) is 8.67. The molecule has 1 aromatic heterocycles. The van der Waals surface area contributed by atoms with Crippen LogP contribution in [0.15, 0.2) is 24.3 Å². The highest BCUT2D eigenvalue weighted by Gasteiger charge is 2.11. The molecule has 0 bridgehead atoms. The first kappa shape index (κ1) is 12.6. The van der Waals surface area contributed by atoms with E-state index in [9.17, 15) is 0 Å². The summed E-state index contributed by atoms with van der Waals surface area (Å²) >= 11 is 0. The fraction of sp³-hybridized carbons (Fsp3) is 0.357. The van der Waals surface area contributed by atoms with Crippen molar-refractivity contribution in [3.8, 4) is 5.75 Å². The highest BCUT2D eigenvalue weighted by atomic mass is 16.5. The van der Waals surface area contributed by atoms with Crippen LogP contribution in [0.4, 0.5) is 5.82 Å². The zero-order valence-corrected chi connectivity index (χ0v) is 11.0. The molecule has 0 aliphatic rings. The number of hydrazine groups is 1. The van der Waals surface area contributed by atoms with Crippen LogP contribution < -0.4 is 16.0 Å². The summed E-state index contributed by atoms with van der Waals surface area (Å²) in [7, 11) is 0. The largest absolute Gasteiger partial charge is 0.492 e. The van der Waals surface area contributed by atoms with E-state index in [-0.39, 0.29) is 0 Å². The first-order valence-electron chi connectivity index (χ1n) is 6.20. The molecule has 0 aliphatic heterocycles. The molecule has 2 aromatic rings. The molecular weight excluding hydrogens is 226 g/mol. The van der Waals surface area contributed by atoms with Crippen LogP contribution >= 0.6 is 0 Å². The van der Waals surface area contributed by atoms with Gasteiger partial charge >= 0.3 is 0 Å². The van der Waals surface area contributed by atoms with Crippen molar-refractivity contribution in [1.82, 2.24) is 4.98 Å². The summed E-state index contributed by atoms with van der Waals surface area (Å²) in [5, 5.41) is 1.07. The van der Waals surface area contributed by atoms with Crippen LogP contribution in [0.5, 0.6) is 5.75 Å². The predicted molar refractivity (Wildman–Crippen MR) is 74.8 cm³/mol. The van der Waals surface area contributed by atoms with Crippen molar-refractivity contribution in [2.75, 3.05) is 12.0 Å². The Morgan fingerprint density at radius 1 is 1.39 bits per heavy atom. The highest BCUT2D eigenvalue weighted by Crippen LogP contribution is 2.30. The van der Waals surface area contributed by atoms with Gasteiger partial charge in [0.2, 0.25) is 0 Å². The summed E-state index contributed by atoms with van der Waals surface area (Å²) in [5.41, 5.74) is 4.63. The average Bonchev–Trinajstić information content (AvgIpc) is 2.38. The summed E-state index contributed by atoms with van der Waals surface area (Å²) in [6, 6.07) is 8.06. The number of rotatable bonds is 4. The number of anilines is 1. The lowest BCUT2D eigenvalue weighted by molar-refractivity contribution is 0.343. The summed E-state index contributed by atoms with van der Waals surface area (Å²) in [4.78, 5) is 4.57. The van der Waals surface area contributed by atoms with E-state index in [0.717, 1.165) is 22.2 Å². The Balaban J connectivity index is 2.66. The SMILES string of the molecule is CCOc1cccc2cc(C(C)C)c(NN)nc12. The summed E-state index contributed by atoms with van der Waals surface area (Å²) in [6.45, 7) is 6.83. The molecule has 3 N–H and O–H groups in total. The van der Waals surface area contributed by atoms with Crippen LogP contribution in [0.3, 0.4) is 0 Å². The number of aromatic nitrogens is 1. The molecule has 0 aliphatic carbocycles. The second-order valence-corrected chi connectivity index (χ2v) is 4.49. The number of benzene rings is 1. The van der Waals surface area contributed by atoms with Gasteiger partial charge in [-0.1, -0.05) is 26.0 Å². The molecule has 0 saturated carbocycles. The van der Waals surface area contributed by atoms with Crippen LogP contribution in [-0.4, -0.2) is 11.6 Å². The van der Waals surface area contributed by atoms with Crippen molar-refractivity contribution in [2.45, 2.75) is 26.7 Å². The van der Waals surface area contributed by atoms with E-state index in [0.29, 0.717) is 18.3 Å². The number of hydrogen-bond acceptors (Lipinski definition) is 4. The van der Waals surface area contributed by atoms with Crippen molar-refractivity contribution >= 4 is 16.7 Å². The minimum atomic E-state index is 0.365. The molecule has 0 spiro atoms. The third kappa shape index (κ3) is 2.24. The smallest absolute Gasteiger partial charge is 0.145 e. The Morgan fingerprint density at radius 3 is 2.78 bits per heavy atom. The van der Waals surface area contributed by atoms with Crippen molar-refractivity contribution < 1.29 is 4.74 Å². The van der Waals surface area contributed by atoms with Gasteiger partial charge in [0.1, 0.15) is 17.1 Å². The standard InChI is InChI=1S/C14H19N3O/c1-4-18-12-7-5-6-10-8-11(9(2)3)14(17-15)16-13(10)12/h5-9H,4,15H2,1-3H3,(H,16,17). The molecule has 0 radical (unpaired) electrons. The Bertz CT molecular complexity index is 552. The molecule has 0 atom stereocenters. The number of nitrogens with two attached hydrogens (primary N) is 1. The van der Waals surface area contributed by atoms with Gasteiger partial charge in [0.15, 0.2) is 0 Å². The Morgan fingerprint density at radius 2 is 2.17 bits per heavy atom. The summed E-state index contributed by atoms with van der Waals surface area (Å²) < 4.78 is 5.59. The zero-order valence-electron chi connectivity index (χ0n) is 11.0. The van der Waals surface area contributed by atoms with Crippen LogP contribution in [0, 0.1) is 0 Å². The molecule has 96 valence electrons. The third-order valence-corrected chi connectivity index (χ3v) is 2.90. The van der Waals surface area contributed by atoms with Crippen molar-refractivity contribution in [3.63, 3.8) is 0 Å². The molecule has 4 nitrogen and oxygen atoms in total. The molecule has 0 unspecified atom stereocenters. The normalized spacial score (nSPS) is 10.9. The Hall–Kier alpha value is -1.81.